The Balaban J connectivity index is 1.14. The summed E-state index contributed by atoms with van der Waals surface area (Å²) in [5.41, 5.74) is 1.41. The smallest absolute Gasteiger partial charge is 0.408 e. The van der Waals surface area contributed by atoms with E-state index in [4.69, 9.17) is 18.9 Å². The highest BCUT2D eigenvalue weighted by Crippen LogP contribution is 2.36. The van der Waals surface area contributed by atoms with Gasteiger partial charge in [0.1, 0.15) is 35.0 Å². The molecule has 2 aliphatic rings. The van der Waals surface area contributed by atoms with Crippen LogP contribution in [-0.4, -0.2) is 77.6 Å². The summed E-state index contributed by atoms with van der Waals surface area (Å²) in [7, 11) is 1.52. The summed E-state index contributed by atoms with van der Waals surface area (Å²) in [6, 6.07) is 19.9. The lowest BCUT2D eigenvalue weighted by molar-refractivity contribution is -0.151. The number of alkyl carbamates (subject to hydrolysis) is 1. The van der Waals surface area contributed by atoms with Crippen molar-refractivity contribution in [2.75, 3.05) is 25.5 Å². The number of esters is 1. The van der Waals surface area contributed by atoms with E-state index >= 15 is 0 Å². The lowest BCUT2D eigenvalue weighted by Crippen LogP contribution is -2.47. The minimum Gasteiger partial charge on any atom is -0.496 e. The van der Waals surface area contributed by atoms with E-state index in [2.05, 4.69) is 20.5 Å². The highest BCUT2D eigenvalue weighted by molar-refractivity contribution is 6.06. The van der Waals surface area contributed by atoms with Gasteiger partial charge in [-0.25, -0.2) is 9.59 Å². The highest BCUT2D eigenvalue weighted by atomic mass is 16.6. The summed E-state index contributed by atoms with van der Waals surface area (Å²) in [5, 5.41) is 6.26. The Bertz CT molecular complexity index is 1960. The summed E-state index contributed by atoms with van der Waals surface area (Å²) >= 11 is 0. The molecule has 2 fully saturated rings. The second kappa shape index (κ2) is 17.1. The topological polar surface area (TPSA) is 145 Å². The van der Waals surface area contributed by atoms with Gasteiger partial charge in [0, 0.05) is 29.4 Å². The molecule has 4 aromatic rings. The number of ether oxygens (including phenoxy) is 4. The summed E-state index contributed by atoms with van der Waals surface area (Å²) in [4.78, 5) is 59.3. The number of benzene rings is 3. The van der Waals surface area contributed by atoms with Gasteiger partial charge in [-0.3, -0.25) is 19.5 Å². The first-order chi connectivity index (χ1) is 26.0. The van der Waals surface area contributed by atoms with Crippen LogP contribution in [0.2, 0.25) is 0 Å². The second-order valence-corrected chi connectivity index (χ2v) is 14.7. The number of aromatic nitrogens is 1. The van der Waals surface area contributed by atoms with Crippen molar-refractivity contribution in [1.29, 1.82) is 0 Å². The van der Waals surface area contributed by atoms with Crippen LogP contribution in [-0.2, 0) is 14.3 Å². The number of hydrogen-bond donors (Lipinski definition) is 2. The van der Waals surface area contributed by atoms with Crippen molar-refractivity contribution in [2.45, 2.75) is 89.5 Å². The molecule has 1 unspecified atom stereocenters. The molecule has 2 amide bonds. The Kier molecular flexibility index (Phi) is 12.1. The molecule has 12 nitrogen and oxygen atoms in total. The van der Waals surface area contributed by atoms with E-state index in [1.807, 2.05) is 18.2 Å². The summed E-state index contributed by atoms with van der Waals surface area (Å²) < 4.78 is 23.2. The van der Waals surface area contributed by atoms with Crippen LogP contribution in [0.5, 0.6) is 17.2 Å². The number of fused-ring (bicyclic) bond motifs is 1. The number of carbonyl (C=O) groups excluding carboxylic acids is 4. The third kappa shape index (κ3) is 9.73. The predicted molar refractivity (Wildman–Crippen MR) is 204 cm³/mol. The molecule has 0 spiro atoms. The van der Waals surface area contributed by atoms with E-state index < -0.39 is 29.7 Å². The molecule has 1 aliphatic carbocycles. The van der Waals surface area contributed by atoms with Gasteiger partial charge >= 0.3 is 12.1 Å². The van der Waals surface area contributed by atoms with Gasteiger partial charge < -0.3 is 29.6 Å². The summed E-state index contributed by atoms with van der Waals surface area (Å²) in [6.45, 7) is 6.34. The largest absolute Gasteiger partial charge is 0.496 e. The molecule has 1 saturated heterocycles. The Morgan fingerprint density at radius 1 is 0.907 bits per heavy atom. The fraction of sp³-hybridized carbons (Fsp3) is 0.405. The van der Waals surface area contributed by atoms with Crippen LogP contribution in [0.3, 0.4) is 0 Å². The van der Waals surface area contributed by atoms with Crippen LogP contribution in [0.4, 0.5) is 10.5 Å². The van der Waals surface area contributed by atoms with Crippen molar-refractivity contribution in [3.63, 3.8) is 0 Å². The Morgan fingerprint density at radius 3 is 2.35 bits per heavy atom. The maximum Gasteiger partial charge on any atom is 0.408 e. The number of hydrogen-bond acceptors (Lipinski definition) is 10. The van der Waals surface area contributed by atoms with Crippen molar-refractivity contribution in [2.24, 2.45) is 0 Å². The standard InChI is InChI=1S/C42H48N4O8/c1-42(2,3)54-41(50)45-33(40(49)53-29-13-8-9-14-29)21-24-46-23-10-15-35(46)38(47)32-25-34-31(26-37(32)51-4)36(20-22-43-34)52-30-18-16-28(17-19-30)44-39(48)27-11-6-5-7-12-27/h5-7,11-12,16-20,22,25-26,29,33,35H,8-10,13-15,21,23-24H2,1-4H3,(H,44,48)(H,45,50)/t33?,35-/m0/s1. The van der Waals surface area contributed by atoms with Gasteiger partial charge in [-0.15, -0.1) is 0 Å². The summed E-state index contributed by atoms with van der Waals surface area (Å²) in [6.07, 6.45) is 6.11. The first-order valence-electron chi connectivity index (χ1n) is 18.6. The second-order valence-electron chi connectivity index (χ2n) is 14.7. The Labute approximate surface area is 315 Å². The van der Waals surface area contributed by atoms with Crippen molar-refractivity contribution in [1.82, 2.24) is 15.2 Å². The third-order valence-electron chi connectivity index (χ3n) is 9.60. The first kappa shape index (κ1) is 38.2. The lowest BCUT2D eigenvalue weighted by Gasteiger charge is -2.27. The number of nitrogens with one attached hydrogen (secondary N) is 2. The van der Waals surface area contributed by atoms with Gasteiger partial charge in [-0.05, 0) is 127 Å². The number of methoxy groups -OCH3 is 1. The molecule has 2 atom stereocenters. The average molecular weight is 737 g/mol. The number of anilines is 1. The first-order valence-corrected chi connectivity index (χ1v) is 18.6. The molecular formula is C42H48N4O8. The Morgan fingerprint density at radius 2 is 1.65 bits per heavy atom. The number of nitrogens with zero attached hydrogens (tertiary/aromatic N) is 2. The van der Waals surface area contributed by atoms with Crippen LogP contribution in [0.25, 0.3) is 10.9 Å². The molecule has 1 saturated carbocycles. The van der Waals surface area contributed by atoms with Gasteiger partial charge in [-0.2, -0.15) is 0 Å². The van der Waals surface area contributed by atoms with E-state index in [-0.39, 0.29) is 24.2 Å². The van der Waals surface area contributed by atoms with E-state index in [0.29, 0.717) is 64.5 Å². The van der Waals surface area contributed by atoms with E-state index in [1.165, 1.54) is 7.11 Å². The van der Waals surface area contributed by atoms with Gasteiger partial charge in [0.15, 0.2) is 5.78 Å². The highest BCUT2D eigenvalue weighted by Gasteiger charge is 2.35. The number of rotatable bonds is 13. The molecular weight excluding hydrogens is 688 g/mol. The number of Topliss-reactive ketones (excluding diaryl/α,β-unsaturated/α-hetero) is 1. The van der Waals surface area contributed by atoms with Crippen molar-refractivity contribution in [3.05, 3.63) is 90.1 Å². The molecule has 0 bridgehead atoms. The van der Waals surface area contributed by atoms with E-state index in [1.54, 1.807) is 81.6 Å². The fourth-order valence-electron chi connectivity index (χ4n) is 6.94. The van der Waals surface area contributed by atoms with E-state index in [0.717, 1.165) is 32.1 Å². The molecule has 284 valence electrons. The molecule has 12 heteroatoms. The number of ketones is 1. The third-order valence-corrected chi connectivity index (χ3v) is 9.60. The van der Waals surface area contributed by atoms with Crippen LogP contribution in [0.15, 0.2) is 79.0 Å². The van der Waals surface area contributed by atoms with Gasteiger partial charge in [-0.1, -0.05) is 18.2 Å². The zero-order valence-electron chi connectivity index (χ0n) is 31.3. The van der Waals surface area contributed by atoms with Gasteiger partial charge in [0.2, 0.25) is 0 Å². The minimum absolute atomic E-state index is 0.113. The molecule has 54 heavy (non-hydrogen) atoms. The SMILES string of the molecule is COc1cc2c(Oc3ccc(NC(=O)c4ccccc4)cc3)ccnc2cc1C(=O)[C@@H]1CCCN1CCC(NC(=O)OC(C)(C)C)C(=O)OC1CCCC1. The fourth-order valence-corrected chi connectivity index (χ4v) is 6.94. The maximum absolute atomic E-state index is 14.2. The predicted octanol–water partition coefficient (Wildman–Crippen LogP) is 7.70. The monoisotopic (exact) mass is 736 g/mol. The molecule has 2 heterocycles. The summed E-state index contributed by atoms with van der Waals surface area (Å²) in [5.74, 6) is 0.655. The number of pyridine rings is 1. The number of amides is 2. The van der Waals surface area contributed by atoms with Gasteiger partial charge in [0.25, 0.3) is 5.91 Å². The zero-order valence-corrected chi connectivity index (χ0v) is 31.3. The minimum atomic E-state index is -0.918. The number of likely N-dealkylation sites (tertiary alicyclic amines) is 1. The van der Waals surface area contributed by atoms with Crippen LogP contribution in [0, 0.1) is 0 Å². The Hall–Kier alpha value is -5.49. The van der Waals surface area contributed by atoms with Crippen molar-refractivity contribution in [3.8, 4) is 17.2 Å². The van der Waals surface area contributed by atoms with E-state index in [9.17, 15) is 19.2 Å². The van der Waals surface area contributed by atoms with Gasteiger partial charge in [0.05, 0.1) is 24.2 Å². The molecule has 3 aromatic carbocycles. The normalized spacial score (nSPS) is 16.8. The molecule has 6 rings (SSSR count). The van der Waals surface area contributed by atoms with Crippen LogP contribution < -0.4 is 20.1 Å². The van der Waals surface area contributed by atoms with Crippen LogP contribution in [0.1, 0.15) is 86.4 Å². The molecule has 2 N–H and O–H groups in total. The van der Waals surface area contributed by atoms with Crippen molar-refractivity contribution >= 4 is 40.3 Å². The molecule has 1 aromatic heterocycles. The maximum atomic E-state index is 14.2. The molecule has 0 radical (unpaired) electrons. The lowest BCUT2D eigenvalue weighted by atomic mass is 9.99. The van der Waals surface area contributed by atoms with Crippen molar-refractivity contribution < 1.29 is 38.1 Å². The molecule has 1 aliphatic heterocycles. The quantitative estimate of drug-likeness (QED) is 0.103. The average Bonchev–Trinajstić information content (AvgIpc) is 3.85. The van der Waals surface area contributed by atoms with Crippen LogP contribution >= 0.6 is 0 Å². The zero-order chi connectivity index (χ0) is 38.2. The number of carbonyl (C=O) groups is 4.